The Bertz CT molecular complexity index is 518. The molecule has 21 heavy (non-hydrogen) atoms. The summed E-state index contributed by atoms with van der Waals surface area (Å²) in [5.74, 6) is 0.423. The zero-order valence-electron chi connectivity index (χ0n) is 12.1. The highest BCUT2D eigenvalue weighted by molar-refractivity contribution is 6.28. The maximum absolute atomic E-state index is 11.3. The minimum absolute atomic E-state index is 0.103. The first-order valence-corrected chi connectivity index (χ1v) is 7.04. The van der Waals surface area contributed by atoms with Crippen molar-refractivity contribution < 1.29 is 9.53 Å². The van der Waals surface area contributed by atoms with Gasteiger partial charge in [-0.15, -0.1) is 0 Å². The molecule has 0 bridgehead atoms. The summed E-state index contributed by atoms with van der Waals surface area (Å²) in [5.41, 5.74) is 4.62. The molecule has 2 rings (SSSR count). The molecule has 9 heteroatoms. The molecule has 0 atom stereocenters. The summed E-state index contributed by atoms with van der Waals surface area (Å²) < 4.78 is 5.29. The minimum atomic E-state index is -0.710. The molecule has 1 aromatic heterocycles. The standard InChI is InChI=1S/C12H19ClN6O2/c1-12(2,8(14)20)7-15-10-16-9(13)17-11(18-10)19-3-5-21-6-4-19/h3-7H2,1-2H3,(H2,14,20)(H,15,16,17,18). The predicted molar refractivity (Wildman–Crippen MR) is 79.3 cm³/mol. The molecule has 1 saturated heterocycles. The molecular formula is C12H19ClN6O2. The molecule has 0 radical (unpaired) electrons. The fourth-order valence-electron chi connectivity index (χ4n) is 1.71. The lowest BCUT2D eigenvalue weighted by Crippen LogP contribution is -2.38. The Labute approximate surface area is 128 Å². The lowest BCUT2D eigenvalue weighted by atomic mass is 9.93. The Kier molecular flexibility index (Phi) is 4.79. The summed E-state index contributed by atoms with van der Waals surface area (Å²) in [4.78, 5) is 25.7. The topological polar surface area (TPSA) is 106 Å². The fraction of sp³-hybridized carbons (Fsp3) is 0.667. The number of morpholine rings is 1. The van der Waals surface area contributed by atoms with Gasteiger partial charge in [-0.2, -0.15) is 15.0 Å². The van der Waals surface area contributed by atoms with Crippen LogP contribution in [0, 0.1) is 5.41 Å². The van der Waals surface area contributed by atoms with E-state index >= 15 is 0 Å². The first-order valence-electron chi connectivity index (χ1n) is 6.66. The highest BCUT2D eigenvalue weighted by Gasteiger charge is 2.25. The van der Waals surface area contributed by atoms with Crippen LogP contribution in [0.1, 0.15) is 13.8 Å². The van der Waals surface area contributed by atoms with E-state index in [1.165, 1.54) is 0 Å². The summed E-state index contributed by atoms with van der Waals surface area (Å²) >= 11 is 5.93. The predicted octanol–water partition coefficient (Wildman–Crippen LogP) is 0.285. The quantitative estimate of drug-likeness (QED) is 0.804. The molecule has 1 aliphatic rings. The van der Waals surface area contributed by atoms with Gasteiger partial charge in [-0.1, -0.05) is 0 Å². The molecule has 1 aromatic rings. The largest absolute Gasteiger partial charge is 0.378 e. The molecule has 0 aliphatic carbocycles. The fourth-order valence-corrected chi connectivity index (χ4v) is 1.87. The van der Waals surface area contributed by atoms with Crippen molar-refractivity contribution in [2.24, 2.45) is 11.1 Å². The zero-order chi connectivity index (χ0) is 15.5. The summed E-state index contributed by atoms with van der Waals surface area (Å²) in [5, 5.41) is 3.08. The Balaban J connectivity index is 2.09. The first kappa shape index (κ1) is 15.7. The summed E-state index contributed by atoms with van der Waals surface area (Å²) in [6.45, 7) is 6.45. The van der Waals surface area contributed by atoms with Crippen LogP contribution in [0.15, 0.2) is 0 Å². The summed E-state index contributed by atoms with van der Waals surface area (Å²) in [7, 11) is 0. The van der Waals surface area contributed by atoms with E-state index in [9.17, 15) is 4.79 Å². The van der Waals surface area contributed by atoms with Gasteiger partial charge < -0.3 is 20.7 Å². The van der Waals surface area contributed by atoms with Gasteiger partial charge in [-0.3, -0.25) is 4.79 Å². The maximum atomic E-state index is 11.3. The highest BCUT2D eigenvalue weighted by Crippen LogP contribution is 2.18. The Morgan fingerprint density at radius 3 is 2.67 bits per heavy atom. The Morgan fingerprint density at radius 1 is 1.38 bits per heavy atom. The smallest absolute Gasteiger partial charge is 0.231 e. The van der Waals surface area contributed by atoms with E-state index in [-0.39, 0.29) is 5.28 Å². The molecule has 2 heterocycles. The molecule has 0 spiro atoms. The third-order valence-electron chi connectivity index (χ3n) is 3.25. The van der Waals surface area contributed by atoms with E-state index in [0.29, 0.717) is 44.7 Å². The monoisotopic (exact) mass is 314 g/mol. The zero-order valence-corrected chi connectivity index (χ0v) is 12.9. The van der Waals surface area contributed by atoms with Crippen LogP contribution < -0.4 is 16.0 Å². The van der Waals surface area contributed by atoms with Gasteiger partial charge in [-0.25, -0.2) is 0 Å². The van der Waals surface area contributed by atoms with E-state index in [0.717, 1.165) is 0 Å². The molecule has 8 nitrogen and oxygen atoms in total. The minimum Gasteiger partial charge on any atom is -0.378 e. The SMILES string of the molecule is CC(C)(CNc1nc(Cl)nc(N2CCOCC2)n1)C(N)=O. The molecule has 3 N–H and O–H groups in total. The average molecular weight is 315 g/mol. The van der Waals surface area contributed by atoms with Gasteiger partial charge >= 0.3 is 0 Å². The number of hydrogen-bond acceptors (Lipinski definition) is 7. The molecule has 116 valence electrons. The number of amides is 1. The third kappa shape index (κ3) is 4.15. The number of rotatable bonds is 5. The molecule has 0 unspecified atom stereocenters. The Morgan fingerprint density at radius 2 is 2.05 bits per heavy atom. The van der Waals surface area contributed by atoms with Gasteiger partial charge in [0.25, 0.3) is 0 Å². The molecule has 0 saturated carbocycles. The number of carbonyl (C=O) groups is 1. The van der Waals surface area contributed by atoms with E-state index < -0.39 is 11.3 Å². The van der Waals surface area contributed by atoms with Crippen molar-refractivity contribution in [3.63, 3.8) is 0 Å². The van der Waals surface area contributed by atoms with Crippen molar-refractivity contribution in [1.82, 2.24) is 15.0 Å². The van der Waals surface area contributed by atoms with Crippen molar-refractivity contribution in [1.29, 1.82) is 0 Å². The number of hydrogen-bond donors (Lipinski definition) is 2. The molecule has 0 aromatic carbocycles. The number of halogens is 1. The van der Waals surface area contributed by atoms with E-state index in [1.54, 1.807) is 13.8 Å². The van der Waals surface area contributed by atoms with Crippen molar-refractivity contribution in [3.05, 3.63) is 5.28 Å². The Hall–Kier alpha value is -1.67. The van der Waals surface area contributed by atoms with E-state index in [2.05, 4.69) is 20.3 Å². The van der Waals surface area contributed by atoms with Gasteiger partial charge in [0.15, 0.2) is 0 Å². The van der Waals surface area contributed by atoms with Crippen LogP contribution in [0.2, 0.25) is 5.28 Å². The number of nitrogens with two attached hydrogens (primary N) is 1. The number of nitrogens with one attached hydrogen (secondary N) is 1. The van der Waals surface area contributed by atoms with Crippen molar-refractivity contribution in [2.75, 3.05) is 43.1 Å². The number of carbonyl (C=O) groups excluding carboxylic acids is 1. The second-order valence-electron chi connectivity index (χ2n) is 5.43. The van der Waals surface area contributed by atoms with Crippen LogP contribution in [0.4, 0.5) is 11.9 Å². The average Bonchev–Trinajstić information content (AvgIpc) is 2.45. The second-order valence-corrected chi connectivity index (χ2v) is 5.77. The number of ether oxygens (including phenoxy) is 1. The van der Waals surface area contributed by atoms with Gasteiger partial charge in [0.1, 0.15) is 0 Å². The third-order valence-corrected chi connectivity index (χ3v) is 3.41. The van der Waals surface area contributed by atoms with Crippen molar-refractivity contribution >= 4 is 29.4 Å². The van der Waals surface area contributed by atoms with E-state index in [4.69, 9.17) is 22.1 Å². The molecule has 1 amide bonds. The normalized spacial score (nSPS) is 15.9. The molecule has 1 fully saturated rings. The lowest BCUT2D eigenvalue weighted by Gasteiger charge is -2.27. The highest BCUT2D eigenvalue weighted by atomic mass is 35.5. The maximum Gasteiger partial charge on any atom is 0.231 e. The van der Waals surface area contributed by atoms with Crippen LogP contribution >= 0.6 is 11.6 Å². The number of aromatic nitrogens is 3. The van der Waals surface area contributed by atoms with Gasteiger partial charge in [-0.05, 0) is 25.4 Å². The van der Waals surface area contributed by atoms with Crippen molar-refractivity contribution in [2.45, 2.75) is 13.8 Å². The van der Waals surface area contributed by atoms with Crippen LogP contribution in [-0.4, -0.2) is 53.7 Å². The number of anilines is 2. The van der Waals surface area contributed by atoms with Crippen molar-refractivity contribution in [3.8, 4) is 0 Å². The van der Waals surface area contributed by atoms with Gasteiger partial charge in [0.2, 0.25) is 23.1 Å². The summed E-state index contributed by atoms with van der Waals surface area (Å²) in [6.07, 6.45) is 0. The van der Waals surface area contributed by atoms with Crippen LogP contribution in [0.3, 0.4) is 0 Å². The number of nitrogens with zero attached hydrogens (tertiary/aromatic N) is 4. The van der Waals surface area contributed by atoms with Gasteiger partial charge in [0, 0.05) is 19.6 Å². The molecule has 1 aliphatic heterocycles. The van der Waals surface area contributed by atoms with Gasteiger partial charge in [0.05, 0.1) is 18.6 Å². The van der Waals surface area contributed by atoms with E-state index in [1.807, 2.05) is 4.90 Å². The van der Waals surface area contributed by atoms with Crippen LogP contribution in [-0.2, 0) is 9.53 Å². The first-order chi connectivity index (χ1) is 9.88. The van der Waals surface area contributed by atoms with Crippen LogP contribution in [0.5, 0.6) is 0 Å². The molecular weight excluding hydrogens is 296 g/mol. The second kappa shape index (κ2) is 6.40. The lowest BCUT2D eigenvalue weighted by molar-refractivity contribution is -0.125. The number of primary amides is 1. The summed E-state index contributed by atoms with van der Waals surface area (Å²) in [6, 6.07) is 0. The van der Waals surface area contributed by atoms with Crippen LogP contribution in [0.25, 0.3) is 0 Å².